The smallest absolute Gasteiger partial charge is 0.263 e. The van der Waals surface area contributed by atoms with E-state index in [1.807, 2.05) is 82.5 Å². The Morgan fingerprint density at radius 2 is 1.49 bits per heavy atom. The van der Waals surface area contributed by atoms with Crippen LogP contribution in [0.4, 0.5) is 11.4 Å². The van der Waals surface area contributed by atoms with Crippen LogP contribution in [0.1, 0.15) is 28.4 Å². The van der Waals surface area contributed by atoms with Crippen molar-refractivity contribution in [1.29, 1.82) is 0 Å². The molecule has 4 rings (SSSR count). The molecule has 7 heteroatoms. The maximum absolute atomic E-state index is 13.8. The number of nitrogens with zero attached hydrogens (tertiary/aromatic N) is 2. The number of aryl methyl sites for hydroxylation is 1. The van der Waals surface area contributed by atoms with Crippen LogP contribution in [-0.4, -0.2) is 50.6 Å². The van der Waals surface area contributed by atoms with Gasteiger partial charge in [-0.15, -0.1) is 0 Å². The minimum atomic E-state index is -0.779. The van der Waals surface area contributed by atoms with E-state index in [-0.39, 0.29) is 11.8 Å². The Morgan fingerprint density at radius 3 is 2.05 bits per heavy atom. The van der Waals surface area contributed by atoms with E-state index in [0.29, 0.717) is 18.5 Å². The van der Waals surface area contributed by atoms with Gasteiger partial charge in [0.15, 0.2) is 0 Å². The third kappa shape index (κ3) is 7.66. The standard InChI is InChI=1S/C34H38N4O3/c1-6-38(36-29-16-20-31(41-5)21-17-29)34(40)32(35-33(39)28-9-7-8-24(2)22-28)23-25-10-12-26(13-11-25)27-14-18-30(19-15-27)37(3)4/h7-22,32,36H,6,23H2,1-5H3,(H,35,39). The van der Waals surface area contributed by atoms with E-state index in [9.17, 15) is 9.59 Å². The number of likely N-dealkylation sites (N-methyl/N-ethyl adjacent to an activating group) is 1. The number of methoxy groups -OCH3 is 1. The monoisotopic (exact) mass is 550 g/mol. The SMILES string of the molecule is CCN(Nc1ccc(OC)cc1)C(=O)C(Cc1ccc(-c2ccc(N(C)C)cc2)cc1)NC(=O)c1cccc(C)c1. The van der Waals surface area contributed by atoms with Gasteiger partial charge in [0.05, 0.1) is 12.8 Å². The summed E-state index contributed by atoms with van der Waals surface area (Å²) in [5.41, 5.74) is 9.71. The Kier molecular flexibility index (Phi) is 9.64. The average Bonchev–Trinajstić information content (AvgIpc) is 3.00. The number of nitrogens with one attached hydrogen (secondary N) is 2. The minimum Gasteiger partial charge on any atom is -0.497 e. The van der Waals surface area contributed by atoms with Crippen molar-refractivity contribution in [3.8, 4) is 16.9 Å². The number of rotatable bonds is 11. The van der Waals surface area contributed by atoms with Gasteiger partial charge in [0.25, 0.3) is 11.8 Å². The molecule has 0 aliphatic carbocycles. The first-order valence-corrected chi connectivity index (χ1v) is 13.7. The van der Waals surface area contributed by atoms with Gasteiger partial charge in [-0.2, -0.15) is 0 Å². The topological polar surface area (TPSA) is 73.9 Å². The van der Waals surface area contributed by atoms with Gasteiger partial charge in [-0.05, 0) is 79.1 Å². The van der Waals surface area contributed by atoms with Crippen LogP contribution >= 0.6 is 0 Å². The molecule has 0 aromatic heterocycles. The van der Waals surface area contributed by atoms with E-state index < -0.39 is 6.04 Å². The highest BCUT2D eigenvalue weighted by Crippen LogP contribution is 2.24. The van der Waals surface area contributed by atoms with Gasteiger partial charge in [0.1, 0.15) is 11.8 Å². The summed E-state index contributed by atoms with van der Waals surface area (Å²) in [7, 11) is 5.65. The van der Waals surface area contributed by atoms with Crippen molar-refractivity contribution in [3.63, 3.8) is 0 Å². The predicted molar refractivity (Wildman–Crippen MR) is 166 cm³/mol. The highest BCUT2D eigenvalue weighted by molar-refractivity contribution is 5.98. The van der Waals surface area contributed by atoms with E-state index >= 15 is 0 Å². The van der Waals surface area contributed by atoms with Crippen LogP contribution in [-0.2, 0) is 11.2 Å². The van der Waals surface area contributed by atoms with Gasteiger partial charge in [-0.25, -0.2) is 0 Å². The Hall–Kier alpha value is -4.78. The summed E-state index contributed by atoms with van der Waals surface area (Å²) in [5.74, 6) is 0.211. The second-order valence-electron chi connectivity index (χ2n) is 10.2. The highest BCUT2D eigenvalue weighted by Gasteiger charge is 2.26. The second-order valence-corrected chi connectivity index (χ2v) is 10.2. The van der Waals surface area contributed by atoms with Crippen LogP contribution in [0.2, 0.25) is 0 Å². The highest BCUT2D eigenvalue weighted by atomic mass is 16.5. The zero-order valence-electron chi connectivity index (χ0n) is 24.3. The number of amides is 2. The van der Waals surface area contributed by atoms with Crippen LogP contribution in [0.25, 0.3) is 11.1 Å². The summed E-state index contributed by atoms with van der Waals surface area (Å²) in [6.45, 7) is 4.24. The Balaban J connectivity index is 1.55. The van der Waals surface area contributed by atoms with Crippen molar-refractivity contribution in [2.24, 2.45) is 0 Å². The third-order valence-corrected chi connectivity index (χ3v) is 6.93. The van der Waals surface area contributed by atoms with E-state index in [1.165, 1.54) is 5.01 Å². The average molecular weight is 551 g/mol. The maximum Gasteiger partial charge on any atom is 0.263 e. The first-order valence-electron chi connectivity index (χ1n) is 13.7. The number of hydrogen-bond acceptors (Lipinski definition) is 5. The van der Waals surface area contributed by atoms with Crippen LogP contribution in [0, 0.1) is 6.92 Å². The molecule has 41 heavy (non-hydrogen) atoms. The molecule has 4 aromatic carbocycles. The molecule has 0 bridgehead atoms. The number of anilines is 2. The molecular formula is C34H38N4O3. The lowest BCUT2D eigenvalue weighted by Crippen LogP contribution is -2.51. The van der Waals surface area contributed by atoms with Crippen LogP contribution in [0.15, 0.2) is 97.1 Å². The van der Waals surface area contributed by atoms with Gasteiger partial charge < -0.3 is 15.0 Å². The third-order valence-electron chi connectivity index (χ3n) is 6.93. The van der Waals surface area contributed by atoms with Crippen molar-refractivity contribution in [3.05, 3.63) is 114 Å². The number of benzene rings is 4. The molecule has 7 nitrogen and oxygen atoms in total. The summed E-state index contributed by atoms with van der Waals surface area (Å²) >= 11 is 0. The molecule has 2 N–H and O–H groups in total. The van der Waals surface area contributed by atoms with Gasteiger partial charge in [0, 0.05) is 38.3 Å². The number of carbonyl (C=O) groups is 2. The Morgan fingerprint density at radius 1 is 0.854 bits per heavy atom. The fourth-order valence-corrected chi connectivity index (χ4v) is 4.55. The Bertz CT molecular complexity index is 1450. The normalized spacial score (nSPS) is 11.3. The fraction of sp³-hybridized carbons (Fsp3) is 0.235. The Labute approximate surface area is 242 Å². The number of ether oxygens (including phenoxy) is 1. The molecule has 1 atom stereocenters. The zero-order valence-corrected chi connectivity index (χ0v) is 24.3. The first-order chi connectivity index (χ1) is 19.8. The molecule has 0 saturated heterocycles. The van der Waals surface area contributed by atoms with Crippen molar-refractivity contribution < 1.29 is 14.3 Å². The van der Waals surface area contributed by atoms with Crippen LogP contribution in [0.3, 0.4) is 0 Å². The molecule has 2 amide bonds. The zero-order chi connectivity index (χ0) is 29.4. The molecule has 1 unspecified atom stereocenters. The first kappa shape index (κ1) is 29.2. The molecule has 0 saturated carbocycles. The van der Waals surface area contributed by atoms with Crippen LogP contribution in [0.5, 0.6) is 5.75 Å². The number of hydrogen-bond donors (Lipinski definition) is 2. The van der Waals surface area contributed by atoms with Gasteiger partial charge in [0.2, 0.25) is 0 Å². The van der Waals surface area contributed by atoms with Gasteiger partial charge in [-0.1, -0.05) is 54.1 Å². The number of carbonyl (C=O) groups excluding carboxylic acids is 2. The molecular weight excluding hydrogens is 512 g/mol. The van der Waals surface area contributed by atoms with Gasteiger partial charge >= 0.3 is 0 Å². The van der Waals surface area contributed by atoms with E-state index in [1.54, 1.807) is 13.2 Å². The van der Waals surface area contributed by atoms with Crippen molar-refractivity contribution in [2.45, 2.75) is 26.3 Å². The molecule has 0 heterocycles. The lowest BCUT2D eigenvalue weighted by Gasteiger charge is -2.28. The van der Waals surface area contributed by atoms with E-state index in [4.69, 9.17) is 4.74 Å². The summed E-state index contributed by atoms with van der Waals surface area (Å²) in [6, 6.07) is 30.4. The van der Waals surface area contributed by atoms with Gasteiger partial charge in [-0.3, -0.25) is 20.0 Å². The maximum atomic E-state index is 13.8. The van der Waals surface area contributed by atoms with Crippen LogP contribution < -0.4 is 20.4 Å². The summed E-state index contributed by atoms with van der Waals surface area (Å²) in [6.07, 6.45) is 0.344. The molecule has 0 spiro atoms. The summed E-state index contributed by atoms with van der Waals surface area (Å²) in [4.78, 5) is 29.1. The van der Waals surface area contributed by atoms with Crippen molar-refractivity contribution in [2.75, 3.05) is 38.1 Å². The molecule has 0 radical (unpaired) electrons. The quantitative estimate of drug-likeness (QED) is 0.226. The number of hydrazine groups is 1. The largest absolute Gasteiger partial charge is 0.497 e. The summed E-state index contributed by atoms with van der Waals surface area (Å²) < 4.78 is 5.24. The fourth-order valence-electron chi connectivity index (χ4n) is 4.55. The molecule has 212 valence electrons. The van der Waals surface area contributed by atoms with E-state index in [2.05, 4.69) is 52.0 Å². The van der Waals surface area contributed by atoms with Crippen molar-refractivity contribution in [1.82, 2.24) is 10.3 Å². The van der Waals surface area contributed by atoms with E-state index in [0.717, 1.165) is 39.4 Å². The predicted octanol–water partition coefficient (Wildman–Crippen LogP) is 5.95. The lowest BCUT2D eigenvalue weighted by molar-refractivity contribution is -0.131. The molecule has 0 fully saturated rings. The molecule has 0 aliphatic rings. The molecule has 0 aliphatic heterocycles. The van der Waals surface area contributed by atoms with Crippen molar-refractivity contribution >= 4 is 23.2 Å². The minimum absolute atomic E-state index is 0.229. The second kappa shape index (κ2) is 13.5. The molecule has 4 aromatic rings. The summed E-state index contributed by atoms with van der Waals surface area (Å²) in [5, 5.41) is 4.53. The lowest BCUT2D eigenvalue weighted by atomic mass is 9.99.